The van der Waals surface area contributed by atoms with E-state index in [1.807, 2.05) is 6.92 Å². The van der Waals surface area contributed by atoms with Crippen molar-refractivity contribution in [3.8, 4) is 5.88 Å². The first kappa shape index (κ1) is 13.2. The molecule has 0 aliphatic heterocycles. The second kappa shape index (κ2) is 5.66. The van der Waals surface area contributed by atoms with Crippen molar-refractivity contribution in [2.45, 2.75) is 13.5 Å². The zero-order chi connectivity index (χ0) is 14.7. The van der Waals surface area contributed by atoms with Gasteiger partial charge in [-0.1, -0.05) is 0 Å². The van der Waals surface area contributed by atoms with Crippen LogP contribution in [0.3, 0.4) is 0 Å². The van der Waals surface area contributed by atoms with Crippen LogP contribution in [0.15, 0.2) is 41.1 Å². The van der Waals surface area contributed by atoms with Crippen molar-refractivity contribution in [3.63, 3.8) is 0 Å². The fraction of sp³-hybridized carbons (Fsp3) is 0.214. The van der Waals surface area contributed by atoms with Gasteiger partial charge in [0.05, 0.1) is 25.6 Å². The minimum Gasteiger partial charge on any atom is -0.477 e. The van der Waals surface area contributed by atoms with Crippen LogP contribution in [0, 0.1) is 0 Å². The van der Waals surface area contributed by atoms with Gasteiger partial charge in [0.2, 0.25) is 5.88 Å². The lowest BCUT2D eigenvalue weighted by atomic mass is 10.4. The maximum Gasteiger partial charge on any atom is 0.271 e. The fourth-order valence-corrected chi connectivity index (χ4v) is 1.87. The Labute approximate surface area is 120 Å². The van der Waals surface area contributed by atoms with Gasteiger partial charge in [-0.3, -0.25) is 4.79 Å². The summed E-state index contributed by atoms with van der Waals surface area (Å²) in [6.07, 6.45) is 3.13. The number of furan rings is 1. The average Bonchev–Trinajstić information content (AvgIpc) is 3.13. The van der Waals surface area contributed by atoms with E-state index < -0.39 is 0 Å². The molecule has 0 fully saturated rings. The smallest absolute Gasteiger partial charge is 0.271 e. The van der Waals surface area contributed by atoms with Crippen LogP contribution in [0.25, 0.3) is 5.65 Å². The van der Waals surface area contributed by atoms with Crippen molar-refractivity contribution in [3.05, 3.63) is 48.2 Å². The van der Waals surface area contributed by atoms with Gasteiger partial charge in [-0.2, -0.15) is 0 Å². The standard InChI is InChI=1S/C14H14N4O3/c1-2-20-13-6-5-12-16-11(9-18(12)17-13)14(19)15-8-10-4-3-7-21-10/h3-7,9H,2,8H2,1H3,(H,15,19). The molecular weight excluding hydrogens is 272 g/mol. The third-order valence-corrected chi connectivity index (χ3v) is 2.82. The predicted molar refractivity (Wildman–Crippen MR) is 74.0 cm³/mol. The monoisotopic (exact) mass is 286 g/mol. The zero-order valence-electron chi connectivity index (χ0n) is 11.4. The third kappa shape index (κ3) is 2.86. The second-order valence-corrected chi connectivity index (χ2v) is 4.30. The van der Waals surface area contributed by atoms with Gasteiger partial charge in [0, 0.05) is 6.07 Å². The van der Waals surface area contributed by atoms with Crippen LogP contribution < -0.4 is 10.1 Å². The van der Waals surface area contributed by atoms with Crippen LogP contribution in [-0.4, -0.2) is 27.1 Å². The average molecular weight is 286 g/mol. The van der Waals surface area contributed by atoms with Gasteiger partial charge in [0.1, 0.15) is 11.5 Å². The number of ether oxygens (including phenoxy) is 1. The van der Waals surface area contributed by atoms with Crippen LogP contribution in [0.1, 0.15) is 23.2 Å². The summed E-state index contributed by atoms with van der Waals surface area (Å²) in [5.41, 5.74) is 0.879. The van der Waals surface area contributed by atoms with Gasteiger partial charge < -0.3 is 14.5 Å². The largest absolute Gasteiger partial charge is 0.477 e. The summed E-state index contributed by atoms with van der Waals surface area (Å²) in [5.74, 6) is 0.892. The minimum atomic E-state index is -0.283. The van der Waals surface area contributed by atoms with Gasteiger partial charge in [-0.15, -0.1) is 5.10 Å². The predicted octanol–water partition coefficient (Wildman–Crippen LogP) is 1.65. The maximum atomic E-state index is 12.0. The number of carbonyl (C=O) groups is 1. The van der Waals surface area contributed by atoms with Crippen molar-refractivity contribution in [1.29, 1.82) is 0 Å². The quantitative estimate of drug-likeness (QED) is 0.771. The summed E-state index contributed by atoms with van der Waals surface area (Å²) in [6, 6.07) is 7.03. The topological polar surface area (TPSA) is 81.7 Å². The molecule has 3 heterocycles. The molecule has 3 aromatic heterocycles. The zero-order valence-corrected chi connectivity index (χ0v) is 11.4. The molecule has 0 saturated heterocycles. The van der Waals surface area contributed by atoms with E-state index in [2.05, 4.69) is 15.4 Å². The summed E-state index contributed by atoms with van der Waals surface area (Å²) in [4.78, 5) is 16.2. The van der Waals surface area contributed by atoms with E-state index in [0.29, 0.717) is 36.1 Å². The first-order valence-corrected chi connectivity index (χ1v) is 6.56. The molecule has 0 aliphatic rings. The fourth-order valence-electron chi connectivity index (χ4n) is 1.87. The highest BCUT2D eigenvalue weighted by Crippen LogP contribution is 2.10. The Balaban J connectivity index is 1.75. The van der Waals surface area contributed by atoms with Crippen LogP contribution in [0.4, 0.5) is 0 Å². The van der Waals surface area contributed by atoms with Gasteiger partial charge in [0.15, 0.2) is 5.65 Å². The number of imidazole rings is 1. The SMILES string of the molecule is CCOc1ccc2nc(C(=O)NCc3ccco3)cn2n1. The molecule has 7 nitrogen and oxygen atoms in total. The number of amides is 1. The lowest BCUT2D eigenvalue weighted by Crippen LogP contribution is -2.22. The molecule has 3 aromatic rings. The summed E-state index contributed by atoms with van der Waals surface area (Å²) in [6.45, 7) is 2.73. The van der Waals surface area contributed by atoms with E-state index in [1.165, 1.54) is 4.52 Å². The Hall–Kier alpha value is -2.83. The number of hydrogen-bond donors (Lipinski definition) is 1. The molecule has 1 amide bonds. The Morgan fingerprint density at radius 2 is 2.33 bits per heavy atom. The molecule has 21 heavy (non-hydrogen) atoms. The first-order valence-electron chi connectivity index (χ1n) is 6.56. The summed E-state index contributed by atoms with van der Waals surface area (Å²) >= 11 is 0. The lowest BCUT2D eigenvalue weighted by molar-refractivity contribution is 0.0943. The van der Waals surface area contributed by atoms with E-state index in [1.54, 1.807) is 36.7 Å². The number of nitrogens with zero attached hydrogens (tertiary/aromatic N) is 3. The summed E-state index contributed by atoms with van der Waals surface area (Å²) < 4.78 is 12.0. The number of rotatable bonds is 5. The van der Waals surface area contributed by atoms with Crippen molar-refractivity contribution in [2.24, 2.45) is 0 Å². The Bertz CT molecular complexity index is 749. The highest BCUT2D eigenvalue weighted by atomic mass is 16.5. The summed E-state index contributed by atoms with van der Waals surface area (Å²) in [5, 5.41) is 6.95. The van der Waals surface area contributed by atoms with Gasteiger partial charge in [-0.25, -0.2) is 9.50 Å². The molecule has 1 N–H and O–H groups in total. The van der Waals surface area contributed by atoms with Crippen molar-refractivity contribution in [1.82, 2.24) is 19.9 Å². The van der Waals surface area contributed by atoms with E-state index in [9.17, 15) is 4.79 Å². The molecule has 0 aliphatic carbocycles. The van der Waals surface area contributed by atoms with E-state index in [-0.39, 0.29) is 5.91 Å². The maximum absolute atomic E-state index is 12.0. The molecule has 7 heteroatoms. The van der Waals surface area contributed by atoms with Crippen molar-refractivity contribution >= 4 is 11.6 Å². The van der Waals surface area contributed by atoms with Crippen LogP contribution in [0.5, 0.6) is 5.88 Å². The molecular formula is C14H14N4O3. The molecule has 0 spiro atoms. The van der Waals surface area contributed by atoms with E-state index in [4.69, 9.17) is 9.15 Å². The molecule has 0 bridgehead atoms. The number of fused-ring (bicyclic) bond motifs is 1. The normalized spacial score (nSPS) is 10.7. The molecule has 3 rings (SSSR count). The van der Waals surface area contributed by atoms with Gasteiger partial charge in [-0.05, 0) is 25.1 Å². The second-order valence-electron chi connectivity index (χ2n) is 4.30. The van der Waals surface area contributed by atoms with Gasteiger partial charge >= 0.3 is 0 Å². The van der Waals surface area contributed by atoms with E-state index >= 15 is 0 Å². The minimum absolute atomic E-state index is 0.283. The van der Waals surface area contributed by atoms with Crippen molar-refractivity contribution in [2.75, 3.05) is 6.61 Å². The molecule has 108 valence electrons. The van der Waals surface area contributed by atoms with Crippen molar-refractivity contribution < 1.29 is 13.9 Å². The highest BCUT2D eigenvalue weighted by molar-refractivity contribution is 5.92. The third-order valence-electron chi connectivity index (χ3n) is 2.82. The molecule has 0 atom stereocenters. The molecule has 0 unspecified atom stereocenters. The van der Waals surface area contributed by atoms with Crippen LogP contribution >= 0.6 is 0 Å². The van der Waals surface area contributed by atoms with E-state index in [0.717, 1.165) is 0 Å². The number of nitrogens with one attached hydrogen (secondary N) is 1. The number of aromatic nitrogens is 3. The summed E-state index contributed by atoms with van der Waals surface area (Å²) in [7, 11) is 0. The van der Waals surface area contributed by atoms with Crippen LogP contribution in [0.2, 0.25) is 0 Å². The number of carbonyl (C=O) groups excluding carboxylic acids is 1. The molecule has 0 aromatic carbocycles. The Morgan fingerprint density at radius 1 is 1.43 bits per heavy atom. The Kier molecular flexibility index (Phi) is 3.55. The van der Waals surface area contributed by atoms with Gasteiger partial charge in [0.25, 0.3) is 5.91 Å². The first-order chi connectivity index (χ1) is 10.3. The number of hydrogen-bond acceptors (Lipinski definition) is 5. The highest BCUT2D eigenvalue weighted by Gasteiger charge is 2.12. The lowest BCUT2D eigenvalue weighted by Gasteiger charge is -2.00. The molecule has 0 saturated carbocycles. The van der Waals surface area contributed by atoms with Crippen LogP contribution in [-0.2, 0) is 6.54 Å². The Morgan fingerprint density at radius 3 is 3.10 bits per heavy atom. The molecule has 0 radical (unpaired) electrons.